The van der Waals surface area contributed by atoms with Crippen molar-refractivity contribution in [3.8, 4) is 23.0 Å². The highest BCUT2D eigenvalue weighted by molar-refractivity contribution is 5.53. The summed E-state index contributed by atoms with van der Waals surface area (Å²) in [6.45, 7) is 13.3. The fourth-order valence-electron chi connectivity index (χ4n) is 5.34. The Morgan fingerprint density at radius 2 is 1.12 bits per heavy atom. The Morgan fingerprint density at radius 3 is 1.48 bits per heavy atom. The maximum Gasteiger partial charge on any atom is 0.252 e. The molecule has 4 rings (SSSR count). The lowest BCUT2D eigenvalue weighted by Gasteiger charge is -2.51. The van der Waals surface area contributed by atoms with Gasteiger partial charge in [0.15, 0.2) is 0 Å². The van der Waals surface area contributed by atoms with Gasteiger partial charge in [0, 0.05) is 34.8 Å². The Bertz CT molecular complexity index is 956. The number of benzene rings is 2. The van der Waals surface area contributed by atoms with Crippen LogP contribution >= 0.6 is 0 Å². The fraction of sp³-hybridized carbons (Fsp3) is 0.556. The highest BCUT2D eigenvalue weighted by Crippen LogP contribution is 2.55. The van der Waals surface area contributed by atoms with Gasteiger partial charge in [0.05, 0.1) is 13.2 Å². The van der Waals surface area contributed by atoms with Crippen LogP contribution in [-0.4, -0.2) is 42.4 Å². The first kappa shape index (κ1) is 23.7. The van der Waals surface area contributed by atoms with Crippen molar-refractivity contribution in [2.75, 3.05) is 26.4 Å². The van der Waals surface area contributed by atoms with E-state index in [-0.39, 0.29) is 37.3 Å². The number of fused-ring (bicyclic) bond motifs is 2. The Hall–Kier alpha value is -2.44. The van der Waals surface area contributed by atoms with E-state index in [0.29, 0.717) is 12.8 Å². The molecule has 2 heterocycles. The standard InChI is InChI=1S/C27H36O6/c1-17-11-23-19(13-21(17)30-9-7-28)25(3,4)15-27(32-23)16-26(5,6)20-14-22(31-10-8-29)18(2)12-24(20)33-27/h11-14,28-29H,7-10,15-16H2,1-6H3. The van der Waals surface area contributed by atoms with Crippen molar-refractivity contribution < 1.29 is 29.2 Å². The summed E-state index contributed by atoms with van der Waals surface area (Å²) in [6, 6.07) is 8.13. The Morgan fingerprint density at radius 1 is 0.727 bits per heavy atom. The van der Waals surface area contributed by atoms with E-state index in [1.807, 2.05) is 38.1 Å². The zero-order valence-corrected chi connectivity index (χ0v) is 20.6. The average Bonchev–Trinajstić information content (AvgIpc) is 2.70. The van der Waals surface area contributed by atoms with Crippen molar-refractivity contribution >= 4 is 0 Å². The summed E-state index contributed by atoms with van der Waals surface area (Å²) in [7, 11) is 0. The van der Waals surface area contributed by atoms with Crippen LogP contribution in [0.3, 0.4) is 0 Å². The second kappa shape index (κ2) is 8.41. The number of hydrogen-bond acceptors (Lipinski definition) is 6. The molecule has 0 saturated heterocycles. The first-order chi connectivity index (χ1) is 15.5. The zero-order valence-electron chi connectivity index (χ0n) is 20.6. The molecule has 0 amide bonds. The predicted molar refractivity (Wildman–Crippen MR) is 127 cm³/mol. The van der Waals surface area contributed by atoms with E-state index in [2.05, 4.69) is 27.7 Å². The van der Waals surface area contributed by atoms with Crippen LogP contribution in [-0.2, 0) is 10.8 Å². The van der Waals surface area contributed by atoms with Crippen LogP contribution in [0.25, 0.3) is 0 Å². The van der Waals surface area contributed by atoms with Gasteiger partial charge >= 0.3 is 0 Å². The minimum atomic E-state index is -0.785. The van der Waals surface area contributed by atoms with Crippen LogP contribution < -0.4 is 18.9 Å². The summed E-state index contributed by atoms with van der Waals surface area (Å²) in [6.07, 6.45) is 1.39. The van der Waals surface area contributed by atoms with E-state index in [4.69, 9.17) is 29.2 Å². The van der Waals surface area contributed by atoms with Gasteiger partial charge in [0.25, 0.3) is 5.79 Å². The fourth-order valence-corrected chi connectivity index (χ4v) is 5.34. The molecule has 0 bridgehead atoms. The van der Waals surface area contributed by atoms with Gasteiger partial charge in [0.2, 0.25) is 0 Å². The smallest absolute Gasteiger partial charge is 0.252 e. The molecule has 6 heteroatoms. The molecular weight excluding hydrogens is 420 g/mol. The lowest BCUT2D eigenvalue weighted by Crippen LogP contribution is -2.55. The van der Waals surface area contributed by atoms with Crippen molar-refractivity contribution in [3.05, 3.63) is 46.5 Å². The van der Waals surface area contributed by atoms with Crippen LogP contribution in [0.15, 0.2) is 24.3 Å². The Balaban J connectivity index is 1.73. The summed E-state index contributed by atoms with van der Waals surface area (Å²) in [5.41, 5.74) is 3.70. The number of aliphatic hydroxyl groups excluding tert-OH is 2. The van der Waals surface area contributed by atoms with E-state index in [1.165, 1.54) is 0 Å². The first-order valence-electron chi connectivity index (χ1n) is 11.7. The third-order valence-electron chi connectivity index (χ3n) is 6.72. The molecule has 0 atom stereocenters. The predicted octanol–water partition coefficient (Wildman–Crippen LogP) is 4.56. The van der Waals surface area contributed by atoms with Gasteiger partial charge in [-0.1, -0.05) is 27.7 Å². The summed E-state index contributed by atoms with van der Waals surface area (Å²) in [4.78, 5) is 0. The van der Waals surface area contributed by atoms with Gasteiger partial charge < -0.3 is 29.2 Å². The second-order valence-corrected chi connectivity index (χ2v) is 10.6. The third-order valence-corrected chi connectivity index (χ3v) is 6.72. The van der Waals surface area contributed by atoms with Gasteiger partial charge in [0.1, 0.15) is 36.2 Å². The number of rotatable bonds is 6. The molecule has 0 aliphatic carbocycles. The molecule has 2 aromatic rings. The molecule has 2 N–H and O–H groups in total. The quantitative estimate of drug-likeness (QED) is 0.664. The second-order valence-electron chi connectivity index (χ2n) is 10.6. The normalized spacial score (nSPS) is 19.2. The van der Waals surface area contributed by atoms with Gasteiger partial charge in [-0.05, 0) is 49.2 Å². The van der Waals surface area contributed by atoms with E-state index >= 15 is 0 Å². The van der Waals surface area contributed by atoms with Crippen molar-refractivity contribution in [2.24, 2.45) is 0 Å². The monoisotopic (exact) mass is 456 g/mol. The maximum atomic E-state index is 9.15. The molecule has 2 aromatic carbocycles. The number of aryl methyl sites for hydroxylation is 2. The largest absolute Gasteiger partial charge is 0.491 e. The van der Waals surface area contributed by atoms with Crippen LogP contribution in [0.1, 0.15) is 62.8 Å². The zero-order chi connectivity index (χ0) is 24.0. The lowest BCUT2D eigenvalue weighted by atomic mass is 9.69. The van der Waals surface area contributed by atoms with Crippen molar-refractivity contribution in [2.45, 2.75) is 71.0 Å². The van der Waals surface area contributed by atoms with E-state index in [9.17, 15) is 0 Å². The minimum Gasteiger partial charge on any atom is -0.491 e. The summed E-state index contributed by atoms with van der Waals surface area (Å²) < 4.78 is 24.8. The van der Waals surface area contributed by atoms with Gasteiger partial charge in [-0.3, -0.25) is 0 Å². The maximum absolute atomic E-state index is 9.15. The van der Waals surface area contributed by atoms with Gasteiger partial charge in [-0.25, -0.2) is 0 Å². The van der Waals surface area contributed by atoms with Crippen molar-refractivity contribution in [1.29, 1.82) is 0 Å². The lowest BCUT2D eigenvalue weighted by molar-refractivity contribution is -0.166. The summed E-state index contributed by atoms with van der Waals surface area (Å²) in [5, 5.41) is 18.3. The minimum absolute atomic E-state index is 0.0198. The first-order valence-corrected chi connectivity index (χ1v) is 11.7. The van der Waals surface area contributed by atoms with Gasteiger partial charge in [-0.15, -0.1) is 0 Å². The molecule has 0 saturated carbocycles. The molecule has 6 nitrogen and oxygen atoms in total. The van der Waals surface area contributed by atoms with Crippen molar-refractivity contribution in [3.63, 3.8) is 0 Å². The van der Waals surface area contributed by atoms with Crippen LogP contribution in [0.4, 0.5) is 0 Å². The Labute approximate surface area is 196 Å². The Kier molecular flexibility index (Phi) is 6.04. The van der Waals surface area contributed by atoms with Gasteiger partial charge in [-0.2, -0.15) is 0 Å². The molecule has 0 unspecified atom stereocenters. The highest BCUT2D eigenvalue weighted by Gasteiger charge is 2.53. The van der Waals surface area contributed by atoms with E-state index in [1.54, 1.807) is 0 Å². The molecule has 2 aliphatic heterocycles. The van der Waals surface area contributed by atoms with E-state index in [0.717, 1.165) is 45.3 Å². The summed E-state index contributed by atoms with van der Waals surface area (Å²) >= 11 is 0. The molecular formula is C27H36O6. The molecule has 2 aliphatic rings. The molecule has 0 fully saturated rings. The molecule has 0 radical (unpaired) electrons. The van der Waals surface area contributed by atoms with E-state index < -0.39 is 5.79 Å². The van der Waals surface area contributed by atoms with Crippen LogP contribution in [0.5, 0.6) is 23.0 Å². The average molecular weight is 457 g/mol. The SMILES string of the molecule is Cc1cc2c(cc1OCCO)C(C)(C)CC1(CC(C)(C)c3cc(OCCO)c(C)cc3O1)O2. The van der Waals surface area contributed by atoms with Crippen LogP contribution in [0.2, 0.25) is 0 Å². The molecule has 180 valence electrons. The highest BCUT2D eigenvalue weighted by atomic mass is 16.7. The number of ether oxygens (including phenoxy) is 4. The molecule has 1 spiro atoms. The molecule has 33 heavy (non-hydrogen) atoms. The molecule has 0 aromatic heterocycles. The third kappa shape index (κ3) is 4.38. The van der Waals surface area contributed by atoms with Crippen LogP contribution in [0, 0.1) is 13.8 Å². The number of hydrogen-bond donors (Lipinski definition) is 2. The van der Waals surface area contributed by atoms with Crippen molar-refractivity contribution in [1.82, 2.24) is 0 Å². The number of aliphatic hydroxyl groups is 2. The summed E-state index contributed by atoms with van der Waals surface area (Å²) in [5.74, 6) is 2.40. The topological polar surface area (TPSA) is 77.4 Å².